The van der Waals surface area contributed by atoms with Crippen molar-refractivity contribution in [2.24, 2.45) is 0 Å². The zero-order valence-electron chi connectivity index (χ0n) is 13.8. The summed E-state index contributed by atoms with van der Waals surface area (Å²) in [6.45, 7) is 2.36. The van der Waals surface area contributed by atoms with Crippen molar-refractivity contribution in [1.29, 1.82) is 0 Å². The fraction of sp³-hybridized carbons (Fsp3) is 0.222. The first-order valence-electron chi connectivity index (χ1n) is 7.44. The molecule has 2 heterocycles. The van der Waals surface area contributed by atoms with Gasteiger partial charge in [0.25, 0.3) is 5.56 Å². The summed E-state index contributed by atoms with van der Waals surface area (Å²) in [5.41, 5.74) is 2.62. The van der Waals surface area contributed by atoms with E-state index in [2.05, 4.69) is 4.98 Å². The fourth-order valence-electron chi connectivity index (χ4n) is 2.40. The van der Waals surface area contributed by atoms with Gasteiger partial charge in [0, 0.05) is 23.2 Å². The summed E-state index contributed by atoms with van der Waals surface area (Å²) in [4.78, 5) is 16.7. The number of hydrogen-bond donors (Lipinski definition) is 0. The molecule has 5 nitrogen and oxygen atoms in total. The average molecular weight is 342 g/mol. The summed E-state index contributed by atoms with van der Waals surface area (Å²) in [6, 6.07) is 9.15. The lowest BCUT2D eigenvalue weighted by atomic mass is 10.1. The van der Waals surface area contributed by atoms with Gasteiger partial charge in [-0.3, -0.25) is 4.79 Å². The first-order chi connectivity index (χ1) is 11.6. The molecule has 0 aliphatic rings. The highest BCUT2D eigenvalue weighted by Gasteiger charge is 2.12. The Labute approximate surface area is 144 Å². The molecule has 0 bridgehead atoms. The van der Waals surface area contributed by atoms with Crippen molar-refractivity contribution < 1.29 is 9.47 Å². The number of methoxy groups -OCH3 is 2. The molecule has 6 heteroatoms. The summed E-state index contributed by atoms with van der Waals surface area (Å²) in [5.74, 6) is 1.48. The second-order valence-electron chi connectivity index (χ2n) is 5.36. The van der Waals surface area contributed by atoms with Crippen LogP contribution in [0.4, 0.5) is 0 Å². The molecule has 0 radical (unpaired) electrons. The molecule has 3 aromatic rings. The molecule has 0 aliphatic heterocycles. The topological polar surface area (TPSA) is 53.4 Å². The van der Waals surface area contributed by atoms with Gasteiger partial charge in [-0.05, 0) is 36.8 Å². The van der Waals surface area contributed by atoms with E-state index in [1.807, 2.05) is 36.6 Å². The normalized spacial score (nSPS) is 10.6. The van der Waals surface area contributed by atoms with E-state index in [1.165, 1.54) is 11.3 Å². The molecule has 124 valence electrons. The lowest BCUT2D eigenvalue weighted by Crippen LogP contribution is -2.19. The predicted octanol–water partition coefficient (Wildman–Crippen LogP) is 3.35. The van der Waals surface area contributed by atoms with Crippen LogP contribution in [0, 0.1) is 6.92 Å². The van der Waals surface area contributed by atoms with E-state index >= 15 is 0 Å². The van der Waals surface area contributed by atoms with E-state index in [0.29, 0.717) is 6.54 Å². The number of pyridine rings is 1. The maximum absolute atomic E-state index is 12.0. The molecule has 0 atom stereocenters. The second kappa shape index (κ2) is 6.88. The van der Waals surface area contributed by atoms with Gasteiger partial charge in [-0.25, -0.2) is 4.98 Å². The summed E-state index contributed by atoms with van der Waals surface area (Å²) in [7, 11) is 3.26. The van der Waals surface area contributed by atoms with Crippen LogP contribution in [0.2, 0.25) is 0 Å². The highest BCUT2D eigenvalue weighted by atomic mass is 32.1. The minimum Gasteiger partial charge on any atom is -0.497 e. The fourth-order valence-corrected chi connectivity index (χ4v) is 3.20. The van der Waals surface area contributed by atoms with Crippen LogP contribution in [0.25, 0.3) is 11.3 Å². The summed E-state index contributed by atoms with van der Waals surface area (Å²) < 4.78 is 12.3. The number of thiazole rings is 1. The Morgan fingerprint density at radius 3 is 2.71 bits per heavy atom. The zero-order valence-corrected chi connectivity index (χ0v) is 14.6. The summed E-state index contributed by atoms with van der Waals surface area (Å²) >= 11 is 1.52. The van der Waals surface area contributed by atoms with Crippen molar-refractivity contribution in [2.75, 3.05) is 14.2 Å². The van der Waals surface area contributed by atoms with Crippen molar-refractivity contribution in [1.82, 2.24) is 9.55 Å². The molecule has 0 unspecified atom stereocenters. The summed E-state index contributed by atoms with van der Waals surface area (Å²) in [5, 5.41) is 2.83. The molecular formula is C18H18N2O3S. The number of rotatable bonds is 5. The van der Waals surface area contributed by atoms with E-state index in [9.17, 15) is 4.79 Å². The molecule has 0 amide bonds. The number of benzene rings is 1. The summed E-state index contributed by atoms with van der Waals surface area (Å²) in [6.07, 6.45) is 1.80. The van der Waals surface area contributed by atoms with Gasteiger partial charge in [-0.1, -0.05) is 0 Å². The van der Waals surface area contributed by atoms with E-state index in [-0.39, 0.29) is 5.56 Å². The van der Waals surface area contributed by atoms with E-state index in [4.69, 9.17) is 9.47 Å². The van der Waals surface area contributed by atoms with Crippen molar-refractivity contribution in [2.45, 2.75) is 13.5 Å². The van der Waals surface area contributed by atoms with E-state index in [1.54, 1.807) is 31.0 Å². The first kappa shape index (κ1) is 16.3. The van der Waals surface area contributed by atoms with Crippen LogP contribution < -0.4 is 15.0 Å². The number of hydrogen-bond acceptors (Lipinski definition) is 5. The standard InChI is InChI=1S/C18H18N2O3S/c1-12-6-7-20(18(21)8-12)10-17-19-15(11-24-17)14-9-13(22-2)4-5-16(14)23-3/h4-9,11H,10H2,1-3H3. The van der Waals surface area contributed by atoms with Gasteiger partial charge >= 0.3 is 0 Å². The third-order valence-electron chi connectivity index (χ3n) is 3.69. The van der Waals surface area contributed by atoms with Crippen molar-refractivity contribution in [3.05, 3.63) is 62.8 Å². The van der Waals surface area contributed by atoms with Crippen molar-refractivity contribution in [3.63, 3.8) is 0 Å². The Balaban J connectivity index is 1.92. The molecule has 24 heavy (non-hydrogen) atoms. The Hall–Kier alpha value is -2.60. The minimum absolute atomic E-state index is 0.0225. The number of nitrogens with zero attached hydrogens (tertiary/aromatic N) is 2. The maximum Gasteiger partial charge on any atom is 0.251 e. The molecule has 0 spiro atoms. The monoisotopic (exact) mass is 342 g/mol. The molecule has 0 fully saturated rings. The van der Waals surface area contributed by atoms with Crippen LogP contribution in [-0.2, 0) is 6.54 Å². The van der Waals surface area contributed by atoms with Gasteiger partial charge < -0.3 is 14.0 Å². The molecular weight excluding hydrogens is 324 g/mol. The quantitative estimate of drug-likeness (QED) is 0.713. The third kappa shape index (κ3) is 3.33. The molecule has 0 saturated carbocycles. The largest absolute Gasteiger partial charge is 0.497 e. The van der Waals surface area contributed by atoms with Crippen molar-refractivity contribution >= 4 is 11.3 Å². The highest BCUT2D eigenvalue weighted by Crippen LogP contribution is 2.34. The average Bonchev–Trinajstić information content (AvgIpc) is 3.05. The van der Waals surface area contributed by atoms with Gasteiger partial charge in [-0.15, -0.1) is 11.3 Å². The van der Waals surface area contributed by atoms with Gasteiger partial charge in [0.15, 0.2) is 0 Å². The molecule has 0 N–H and O–H groups in total. The Morgan fingerprint density at radius 2 is 2.00 bits per heavy atom. The van der Waals surface area contributed by atoms with Crippen LogP contribution in [0.5, 0.6) is 11.5 Å². The zero-order chi connectivity index (χ0) is 17.1. The Bertz CT molecular complexity index is 915. The molecule has 0 saturated heterocycles. The minimum atomic E-state index is -0.0225. The lowest BCUT2D eigenvalue weighted by Gasteiger charge is -2.08. The maximum atomic E-state index is 12.0. The molecule has 2 aromatic heterocycles. The highest BCUT2D eigenvalue weighted by molar-refractivity contribution is 7.09. The van der Waals surface area contributed by atoms with E-state index < -0.39 is 0 Å². The van der Waals surface area contributed by atoms with Crippen LogP contribution in [0.3, 0.4) is 0 Å². The first-order valence-corrected chi connectivity index (χ1v) is 8.32. The van der Waals surface area contributed by atoms with Gasteiger partial charge in [-0.2, -0.15) is 0 Å². The van der Waals surface area contributed by atoms with Gasteiger partial charge in [0.05, 0.1) is 26.5 Å². The Morgan fingerprint density at radius 1 is 1.17 bits per heavy atom. The Kier molecular flexibility index (Phi) is 4.66. The number of aromatic nitrogens is 2. The van der Waals surface area contributed by atoms with Crippen LogP contribution in [-0.4, -0.2) is 23.8 Å². The molecule has 1 aromatic carbocycles. The van der Waals surface area contributed by atoms with Crippen LogP contribution in [0.15, 0.2) is 46.7 Å². The molecule has 0 aliphatic carbocycles. The van der Waals surface area contributed by atoms with Crippen LogP contribution >= 0.6 is 11.3 Å². The second-order valence-corrected chi connectivity index (χ2v) is 6.31. The van der Waals surface area contributed by atoms with Crippen LogP contribution in [0.1, 0.15) is 10.6 Å². The SMILES string of the molecule is COc1ccc(OC)c(-c2csc(Cn3ccc(C)cc3=O)n2)c1. The lowest BCUT2D eigenvalue weighted by molar-refractivity contribution is 0.404. The molecule has 3 rings (SSSR count). The third-order valence-corrected chi connectivity index (χ3v) is 4.53. The van der Waals surface area contributed by atoms with Gasteiger partial charge in [0.2, 0.25) is 0 Å². The number of aryl methyl sites for hydroxylation is 1. The smallest absolute Gasteiger partial charge is 0.251 e. The van der Waals surface area contributed by atoms with Crippen molar-refractivity contribution in [3.8, 4) is 22.8 Å². The van der Waals surface area contributed by atoms with Gasteiger partial charge in [0.1, 0.15) is 16.5 Å². The number of ether oxygens (including phenoxy) is 2. The predicted molar refractivity (Wildman–Crippen MR) is 95.2 cm³/mol. The van der Waals surface area contributed by atoms with E-state index in [0.717, 1.165) is 33.3 Å².